The number of carbonyl (C=O) groups excluding carboxylic acids is 1. The maximum atomic E-state index is 12.5. The van der Waals surface area contributed by atoms with Gasteiger partial charge in [0.2, 0.25) is 0 Å². The van der Waals surface area contributed by atoms with E-state index in [2.05, 4.69) is 4.98 Å². The lowest BCUT2D eigenvalue weighted by molar-refractivity contribution is -0.138. The van der Waals surface area contributed by atoms with Crippen LogP contribution in [0.1, 0.15) is 10.4 Å². The second kappa shape index (κ2) is 5.79. The number of aliphatic carboxylic acids is 1. The lowest BCUT2D eigenvalue weighted by Crippen LogP contribution is -2.49. The van der Waals surface area contributed by atoms with Gasteiger partial charge in [-0.25, -0.2) is 4.98 Å². The molecule has 0 aliphatic carbocycles. The minimum absolute atomic E-state index is 0.000255. The number of fused-ring (bicyclic) bond motifs is 1. The molecule has 1 amide bonds. The van der Waals surface area contributed by atoms with Crippen molar-refractivity contribution in [1.29, 1.82) is 0 Å². The fourth-order valence-corrected chi connectivity index (χ4v) is 3.19. The molecular weight excluding hydrogens is 290 g/mol. The average Bonchev–Trinajstić information content (AvgIpc) is 2.94. The third-order valence-corrected chi connectivity index (χ3v) is 4.39. The highest BCUT2D eigenvalue weighted by atomic mass is 32.1. The summed E-state index contributed by atoms with van der Waals surface area (Å²) in [4.78, 5) is 31.0. The van der Waals surface area contributed by atoms with Gasteiger partial charge in [0.15, 0.2) is 0 Å². The van der Waals surface area contributed by atoms with E-state index in [0.717, 1.165) is 10.2 Å². The molecule has 1 fully saturated rings. The third kappa shape index (κ3) is 3.03. The van der Waals surface area contributed by atoms with Crippen LogP contribution in [0.15, 0.2) is 23.7 Å². The number of piperazine rings is 1. The molecule has 110 valence electrons. The zero-order chi connectivity index (χ0) is 14.8. The number of amides is 1. The third-order valence-electron chi connectivity index (χ3n) is 3.60. The van der Waals surface area contributed by atoms with E-state index in [1.54, 1.807) is 16.5 Å². The normalized spacial score (nSPS) is 16.3. The van der Waals surface area contributed by atoms with Crippen LogP contribution in [-0.4, -0.2) is 64.5 Å². The number of thiazole rings is 1. The van der Waals surface area contributed by atoms with Crippen molar-refractivity contribution in [3.05, 3.63) is 29.3 Å². The van der Waals surface area contributed by atoms with Crippen molar-refractivity contribution in [1.82, 2.24) is 14.8 Å². The number of rotatable bonds is 3. The molecule has 1 aromatic heterocycles. The average molecular weight is 305 g/mol. The van der Waals surface area contributed by atoms with Gasteiger partial charge in [-0.05, 0) is 18.2 Å². The predicted octanol–water partition coefficient (Wildman–Crippen LogP) is 1.14. The maximum Gasteiger partial charge on any atom is 0.317 e. The summed E-state index contributed by atoms with van der Waals surface area (Å²) in [5, 5.41) is 8.77. The molecule has 1 saturated heterocycles. The van der Waals surface area contributed by atoms with Crippen molar-refractivity contribution in [2.75, 3.05) is 32.7 Å². The van der Waals surface area contributed by atoms with Crippen molar-refractivity contribution >= 4 is 33.4 Å². The molecule has 7 heteroatoms. The van der Waals surface area contributed by atoms with Crippen LogP contribution in [0.4, 0.5) is 0 Å². The van der Waals surface area contributed by atoms with Gasteiger partial charge >= 0.3 is 5.97 Å². The summed E-state index contributed by atoms with van der Waals surface area (Å²) in [6.45, 7) is 2.36. The van der Waals surface area contributed by atoms with E-state index >= 15 is 0 Å². The van der Waals surface area contributed by atoms with Gasteiger partial charge in [0.25, 0.3) is 5.91 Å². The SMILES string of the molecule is O=C(O)CN1CCN(C(=O)c2ccc3ncsc3c2)CC1. The first-order chi connectivity index (χ1) is 10.1. The van der Waals surface area contributed by atoms with Crippen LogP contribution in [0.25, 0.3) is 10.2 Å². The van der Waals surface area contributed by atoms with Crippen molar-refractivity contribution in [2.45, 2.75) is 0 Å². The van der Waals surface area contributed by atoms with E-state index in [4.69, 9.17) is 5.11 Å². The molecule has 0 bridgehead atoms. The number of carbonyl (C=O) groups is 2. The molecule has 2 aromatic rings. The summed E-state index contributed by atoms with van der Waals surface area (Å²) in [5.41, 5.74) is 3.34. The van der Waals surface area contributed by atoms with Crippen molar-refractivity contribution < 1.29 is 14.7 Å². The lowest BCUT2D eigenvalue weighted by Gasteiger charge is -2.33. The first kappa shape index (κ1) is 14.0. The van der Waals surface area contributed by atoms with Gasteiger partial charge in [-0.1, -0.05) is 0 Å². The number of benzene rings is 1. The molecule has 2 heterocycles. The number of hydrogen-bond acceptors (Lipinski definition) is 5. The van der Waals surface area contributed by atoms with Gasteiger partial charge in [-0.15, -0.1) is 11.3 Å². The zero-order valence-corrected chi connectivity index (χ0v) is 12.2. The van der Waals surface area contributed by atoms with Gasteiger partial charge in [0.1, 0.15) is 0 Å². The van der Waals surface area contributed by atoms with E-state index < -0.39 is 5.97 Å². The highest BCUT2D eigenvalue weighted by Crippen LogP contribution is 2.20. The van der Waals surface area contributed by atoms with Crippen LogP contribution in [0.3, 0.4) is 0 Å². The summed E-state index contributed by atoms with van der Waals surface area (Å²) in [6.07, 6.45) is 0. The molecule has 0 atom stereocenters. The van der Waals surface area contributed by atoms with E-state index in [9.17, 15) is 9.59 Å². The molecule has 0 saturated carbocycles. The quantitative estimate of drug-likeness (QED) is 0.920. The molecule has 1 aliphatic heterocycles. The fraction of sp³-hybridized carbons (Fsp3) is 0.357. The Bertz CT molecular complexity index is 677. The topological polar surface area (TPSA) is 73.7 Å². The smallest absolute Gasteiger partial charge is 0.317 e. The van der Waals surface area contributed by atoms with Gasteiger partial charge in [0, 0.05) is 31.7 Å². The molecule has 0 spiro atoms. The summed E-state index contributed by atoms with van der Waals surface area (Å²) in [6, 6.07) is 5.53. The standard InChI is InChI=1S/C14H15N3O3S/c18-13(19)8-16-3-5-17(6-4-16)14(20)10-1-2-11-12(7-10)21-9-15-11/h1-2,7,9H,3-6,8H2,(H,18,19). The van der Waals surface area contributed by atoms with E-state index in [1.165, 1.54) is 11.3 Å². The summed E-state index contributed by atoms with van der Waals surface area (Å²) in [7, 11) is 0. The number of hydrogen-bond donors (Lipinski definition) is 1. The van der Waals surface area contributed by atoms with Crippen LogP contribution in [-0.2, 0) is 4.79 Å². The van der Waals surface area contributed by atoms with Gasteiger partial charge in [-0.2, -0.15) is 0 Å². The molecule has 0 unspecified atom stereocenters. The first-order valence-electron chi connectivity index (χ1n) is 6.70. The second-order valence-corrected chi connectivity index (χ2v) is 5.88. The Labute approximate surface area is 125 Å². The number of aromatic nitrogens is 1. The van der Waals surface area contributed by atoms with Crippen molar-refractivity contribution in [2.24, 2.45) is 0 Å². The van der Waals surface area contributed by atoms with Crippen molar-refractivity contribution in [3.63, 3.8) is 0 Å². The molecule has 3 rings (SSSR count). The molecule has 0 radical (unpaired) electrons. The minimum atomic E-state index is -0.828. The van der Waals surface area contributed by atoms with E-state index in [-0.39, 0.29) is 12.5 Å². The molecule has 1 aromatic carbocycles. The fourth-order valence-electron chi connectivity index (χ4n) is 2.47. The Morgan fingerprint density at radius 2 is 2.00 bits per heavy atom. The zero-order valence-electron chi connectivity index (χ0n) is 11.4. The summed E-state index contributed by atoms with van der Waals surface area (Å²) >= 11 is 1.52. The Kier molecular flexibility index (Phi) is 3.85. The van der Waals surface area contributed by atoms with Crippen molar-refractivity contribution in [3.8, 4) is 0 Å². The second-order valence-electron chi connectivity index (χ2n) is 5.00. The van der Waals surface area contributed by atoms with Crippen LogP contribution < -0.4 is 0 Å². The van der Waals surface area contributed by atoms with Gasteiger partial charge in [0.05, 0.1) is 22.3 Å². The van der Waals surface area contributed by atoms with Crippen LogP contribution in [0, 0.1) is 0 Å². The first-order valence-corrected chi connectivity index (χ1v) is 7.58. The van der Waals surface area contributed by atoms with E-state index in [0.29, 0.717) is 31.7 Å². The Morgan fingerprint density at radius 1 is 1.24 bits per heavy atom. The monoisotopic (exact) mass is 305 g/mol. The summed E-state index contributed by atoms with van der Waals surface area (Å²) in [5.74, 6) is -0.828. The number of nitrogens with zero attached hydrogens (tertiary/aromatic N) is 3. The lowest BCUT2D eigenvalue weighted by atomic mass is 10.1. The van der Waals surface area contributed by atoms with Crippen LogP contribution in [0.5, 0.6) is 0 Å². The highest BCUT2D eigenvalue weighted by molar-refractivity contribution is 7.16. The van der Waals surface area contributed by atoms with Gasteiger partial charge < -0.3 is 10.0 Å². The van der Waals surface area contributed by atoms with Crippen LogP contribution >= 0.6 is 11.3 Å². The highest BCUT2D eigenvalue weighted by Gasteiger charge is 2.23. The Hall–Kier alpha value is -1.99. The largest absolute Gasteiger partial charge is 0.480 e. The maximum absolute atomic E-state index is 12.5. The Morgan fingerprint density at radius 3 is 2.71 bits per heavy atom. The molecule has 6 nitrogen and oxygen atoms in total. The number of carboxylic acid groups (broad SMARTS) is 1. The molecule has 21 heavy (non-hydrogen) atoms. The molecular formula is C14H15N3O3S. The molecule has 1 N–H and O–H groups in total. The molecule has 1 aliphatic rings. The van der Waals surface area contributed by atoms with Crippen LogP contribution in [0.2, 0.25) is 0 Å². The van der Waals surface area contributed by atoms with E-state index in [1.807, 2.05) is 17.0 Å². The predicted molar refractivity (Wildman–Crippen MR) is 79.6 cm³/mol. The summed E-state index contributed by atoms with van der Waals surface area (Å²) < 4.78 is 1.00. The van der Waals surface area contributed by atoms with Gasteiger partial charge in [-0.3, -0.25) is 14.5 Å². The number of carboxylic acids is 1. The Balaban J connectivity index is 1.67. The minimum Gasteiger partial charge on any atom is -0.480 e.